The molecule has 1 amide bonds. The van der Waals surface area contributed by atoms with Gasteiger partial charge in [0.15, 0.2) is 0 Å². The van der Waals surface area contributed by atoms with E-state index in [1.54, 1.807) is 18.2 Å². The molecular formula is C28H30N2O4. The highest BCUT2D eigenvalue weighted by Gasteiger charge is 2.19. The molecule has 1 fully saturated rings. The van der Waals surface area contributed by atoms with Gasteiger partial charge in [-0.2, -0.15) is 0 Å². The van der Waals surface area contributed by atoms with Crippen LogP contribution in [0.25, 0.3) is 11.1 Å². The van der Waals surface area contributed by atoms with E-state index in [0.29, 0.717) is 35.1 Å². The summed E-state index contributed by atoms with van der Waals surface area (Å²) in [6.45, 7) is 4.55. The number of hydrogen-bond donors (Lipinski definition) is 2. The van der Waals surface area contributed by atoms with Crippen molar-refractivity contribution in [3.8, 4) is 16.9 Å². The Morgan fingerprint density at radius 1 is 0.941 bits per heavy atom. The first-order valence-electron chi connectivity index (χ1n) is 11.6. The molecule has 176 valence electrons. The topological polar surface area (TPSA) is 76.7 Å². The molecule has 0 atom stereocenters. The van der Waals surface area contributed by atoms with Crippen molar-refractivity contribution in [3.63, 3.8) is 0 Å². The Hall–Kier alpha value is -3.64. The Balaban J connectivity index is 1.56. The molecule has 0 aromatic heterocycles. The summed E-state index contributed by atoms with van der Waals surface area (Å²) >= 11 is 0. The van der Waals surface area contributed by atoms with Gasteiger partial charge in [0.2, 0.25) is 0 Å². The molecule has 34 heavy (non-hydrogen) atoms. The van der Waals surface area contributed by atoms with Crippen LogP contribution >= 0.6 is 0 Å². The smallest absolute Gasteiger partial charge is 0.339 e. The monoisotopic (exact) mass is 458 g/mol. The molecule has 0 saturated carbocycles. The van der Waals surface area contributed by atoms with E-state index in [1.165, 1.54) is 7.11 Å². The van der Waals surface area contributed by atoms with E-state index in [4.69, 9.17) is 9.47 Å². The third-order valence-electron chi connectivity index (χ3n) is 6.18. The van der Waals surface area contributed by atoms with Gasteiger partial charge in [-0.1, -0.05) is 42.5 Å². The van der Waals surface area contributed by atoms with E-state index in [2.05, 4.69) is 10.6 Å². The Morgan fingerprint density at radius 2 is 1.71 bits per heavy atom. The highest BCUT2D eigenvalue weighted by Crippen LogP contribution is 2.28. The lowest BCUT2D eigenvalue weighted by Crippen LogP contribution is -2.30. The number of benzene rings is 3. The normalized spacial score (nSPS) is 13.8. The van der Waals surface area contributed by atoms with Crippen LogP contribution in [0.1, 0.15) is 39.1 Å². The zero-order chi connectivity index (χ0) is 23.9. The van der Waals surface area contributed by atoms with Crippen molar-refractivity contribution in [2.45, 2.75) is 19.8 Å². The van der Waals surface area contributed by atoms with Crippen molar-refractivity contribution < 1.29 is 19.1 Å². The number of nitrogens with one attached hydrogen (secondary N) is 2. The molecular weight excluding hydrogens is 428 g/mol. The number of methoxy groups -OCH3 is 1. The van der Waals surface area contributed by atoms with E-state index in [-0.39, 0.29) is 5.91 Å². The van der Waals surface area contributed by atoms with Crippen LogP contribution in [-0.4, -0.2) is 38.7 Å². The summed E-state index contributed by atoms with van der Waals surface area (Å²) in [5.74, 6) is 0.370. The van der Waals surface area contributed by atoms with Gasteiger partial charge in [0.1, 0.15) is 5.75 Å². The first-order valence-corrected chi connectivity index (χ1v) is 11.6. The molecule has 1 heterocycles. The van der Waals surface area contributed by atoms with Crippen molar-refractivity contribution in [2.75, 3.05) is 32.1 Å². The zero-order valence-corrected chi connectivity index (χ0v) is 19.6. The van der Waals surface area contributed by atoms with Crippen molar-refractivity contribution in [2.24, 2.45) is 5.92 Å². The molecule has 2 N–H and O–H groups in total. The van der Waals surface area contributed by atoms with Crippen LogP contribution in [0, 0.1) is 12.8 Å². The molecule has 6 nitrogen and oxygen atoms in total. The summed E-state index contributed by atoms with van der Waals surface area (Å²) in [5.41, 5.74) is 3.90. The highest BCUT2D eigenvalue weighted by atomic mass is 16.5. The summed E-state index contributed by atoms with van der Waals surface area (Å²) in [4.78, 5) is 25.6. The number of aryl methyl sites for hydroxylation is 1. The summed E-state index contributed by atoms with van der Waals surface area (Å²) in [7, 11) is 1.33. The van der Waals surface area contributed by atoms with Crippen LogP contribution in [0.4, 0.5) is 5.69 Å². The largest absolute Gasteiger partial charge is 0.493 e. The van der Waals surface area contributed by atoms with Crippen LogP contribution < -0.4 is 15.4 Å². The molecule has 0 aliphatic carbocycles. The Labute approximate surface area is 200 Å². The summed E-state index contributed by atoms with van der Waals surface area (Å²) < 4.78 is 10.9. The molecule has 0 bridgehead atoms. The van der Waals surface area contributed by atoms with E-state index < -0.39 is 5.97 Å². The molecule has 6 heteroatoms. The fraction of sp³-hybridized carbons (Fsp3) is 0.286. The maximum atomic E-state index is 13.3. The van der Waals surface area contributed by atoms with Crippen LogP contribution in [0.3, 0.4) is 0 Å². The molecule has 3 aromatic rings. The minimum absolute atomic E-state index is 0.298. The number of hydrogen-bond acceptors (Lipinski definition) is 5. The van der Waals surface area contributed by atoms with E-state index in [1.807, 2.05) is 55.5 Å². The highest BCUT2D eigenvalue weighted by molar-refractivity contribution is 6.09. The molecule has 4 rings (SSSR count). The van der Waals surface area contributed by atoms with Crippen LogP contribution in [0.15, 0.2) is 66.7 Å². The van der Waals surface area contributed by atoms with Crippen LogP contribution in [-0.2, 0) is 4.74 Å². The maximum absolute atomic E-state index is 13.3. The number of esters is 1. The Kier molecular flexibility index (Phi) is 7.60. The second kappa shape index (κ2) is 11.0. The number of anilines is 1. The number of carbonyl (C=O) groups excluding carboxylic acids is 2. The van der Waals surface area contributed by atoms with Gasteiger partial charge in [-0.15, -0.1) is 0 Å². The molecule has 0 radical (unpaired) electrons. The van der Waals surface area contributed by atoms with Gasteiger partial charge in [-0.05, 0) is 79.7 Å². The second-order valence-electron chi connectivity index (χ2n) is 8.55. The minimum Gasteiger partial charge on any atom is -0.493 e. The fourth-order valence-electron chi connectivity index (χ4n) is 4.13. The van der Waals surface area contributed by atoms with Crippen molar-refractivity contribution >= 4 is 17.6 Å². The van der Waals surface area contributed by atoms with Crippen molar-refractivity contribution in [1.29, 1.82) is 0 Å². The lowest BCUT2D eigenvalue weighted by molar-refractivity contribution is 0.0602. The summed E-state index contributed by atoms with van der Waals surface area (Å²) in [6, 6.07) is 20.7. The standard InChI is InChI=1S/C28H30N2O4/c1-19-8-10-23(34-18-20-12-14-29-15-13-20)17-25(19)27(31)30-26-16-22(21-6-4-3-5-7-21)9-11-24(26)28(32)33-2/h3-11,16-17,20,29H,12-15,18H2,1-2H3,(H,30,31). The van der Waals surface area contributed by atoms with Crippen LogP contribution in [0.2, 0.25) is 0 Å². The van der Waals surface area contributed by atoms with Crippen molar-refractivity contribution in [3.05, 3.63) is 83.4 Å². The van der Waals surface area contributed by atoms with E-state index >= 15 is 0 Å². The fourth-order valence-corrected chi connectivity index (χ4v) is 4.13. The van der Waals surface area contributed by atoms with Gasteiger partial charge in [0, 0.05) is 5.56 Å². The zero-order valence-electron chi connectivity index (χ0n) is 19.6. The lowest BCUT2D eigenvalue weighted by atomic mass is 9.99. The third-order valence-corrected chi connectivity index (χ3v) is 6.18. The maximum Gasteiger partial charge on any atom is 0.339 e. The molecule has 1 aliphatic heterocycles. The SMILES string of the molecule is COC(=O)c1ccc(-c2ccccc2)cc1NC(=O)c1cc(OCC2CCNCC2)ccc1C. The number of amides is 1. The quantitative estimate of drug-likeness (QED) is 0.483. The lowest BCUT2D eigenvalue weighted by Gasteiger charge is -2.22. The summed E-state index contributed by atoms with van der Waals surface area (Å²) in [6.07, 6.45) is 2.18. The first-order chi connectivity index (χ1) is 16.5. The molecule has 3 aromatic carbocycles. The van der Waals surface area contributed by atoms with Gasteiger partial charge in [0.25, 0.3) is 5.91 Å². The predicted molar refractivity (Wildman–Crippen MR) is 133 cm³/mol. The van der Waals surface area contributed by atoms with E-state index in [0.717, 1.165) is 42.6 Å². The molecule has 1 saturated heterocycles. The minimum atomic E-state index is -0.509. The molecule has 1 aliphatic rings. The van der Waals surface area contributed by atoms with Gasteiger partial charge in [-0.25, -0.2) is 4.79 Å². The van der Waals surface area contributed by atoms with Crippen molar-refractivity contribution in [1.82, 2.24) is 5.32 Å². The number of carbonyl (C=O) groups is 2. The summed E-state index contributed by atoms with van der Waals surface area (Å²) in [5, 5.41) is 6.28. The number of ether oxygens (including phenoxy) is 2. The Morgan fingerprint density at radius 3 is 2.44 bits per heavy atom. The van der Waals surface area contributed by atoms with Gasteiger partial charge < -0.3 is 20.1 Å². The predicted octanol–water partition coefficient (Wildman–Crippen LogP) is 5.08. The number of piperidine rings is 1. The number of rotatable bonds is 7. The third kappa shape index (κ3) is 5.64. The first kappa shape index (κ1) is 23.5. The second-order valence-corrected chi connectivity index (χ2v) is 8.55. The van der Waals surface area contributed by atoms with Crippen LogP contribution in [0.5, 0.6) is 5.75 Å². The Bertz CT molecular complexity index is 1150. The molecule has 0 unspecified atom stereocenters. The van der Waals surface area contributed by atoms with E-state index in [9.17, 15) is 9.59 Å². The van der Waals surface area contributed by atoms with Gasteiger partial charge in [0.05, 0.1) is 25.0 Å². The average Bonchev–Trinajstić information content (AvgIpc) is 2.88. The van der Waals surface area contributed by atoms with Gasteiger partial charge >= 0.3 is 5.97 Å². The average molecular weight is 459 g/mol. The van der Waals surface area contributed by atoms with Gasteiger partial charge in [-0.3, -0.25) is 4.79 Å². The molecule has 0 spiro atoms.